The molecule has 7 heterocycles. The summed E-state index contributed by atoms with van der Waals surface area (Å²) in [4.78, 5) is 38.4. The van der Waals surface area contributed by atoms with Crippen LogP contribution in [0.2, 0.25) is 0 Å². The molecule has 0 radical (unpaired) electrons. The molecule has 0 unspecified atom stereocenters. The van der Waals surface area contributed by atoms with Gasteiger partial charge in [-0.1, -0.05) is 115 Å². The predicted octanol–water partition coefficient (Wildman–Crippen LogP) is 14.8. The molecule has 418 valence electrons. The third-order valence-electron chi connectivity index (χ3n) is 16.2. The first kappa shape index (κ1) is 54.0. The Bertz CT molecular complexity index is 3780. The maximum atomic E-state index is 12.7. The highest BCUT2D eigenvalue weighted by atomic mass is 19.4. The molecule has 0 saturated carbocycles. The zero-order chi connectivity index (χ0) is 55.7. The van der Waals surface area contributed by atoms with Gasteiger partial charge in [-0.25, -0.2) is 15.0 Å². The van der Waals surface area contributed by atoms with Crippen LogP contribution in [-0.4, -0.2) is 75.7 Å². The lowest BCUT2D eigenvalue weighted by Crippen LogP contribution is -2.34. The number of anilines is 6. The molecular weight excluding hydrogens is 1030 g/mol. The molecule has 3 saturated heterocycles. The Hall–Kier alpha value is -8.59. The largest absolute Gasteiger partial charge is 0.416 e. The smallest absolute Gasteiger partial charge is 0.365 e. The second-order valence-electron chi connectivity index (χ2n) is 21.8. The minimum atomic E-state index is -4.32. The lowest BCUT2D eigenvalue weighted by atomic mass is 10.00. The highest BCUT2D eigenvalue weighted by molar-refractivity contribution is 5.93. The monoisotopic (exact) mass is 1100 g/mol. The van der Waals surface area contributed by atoms with Crippen LogP contribution in [-0.2, 0) is 32.2 Å². The van der Waals surface area contributed by atoms with Gasteiger partial charge in [0.15, 0.2) is 0 Å². The molecule has 3 aromatic heterocycles. The zero-order valence-electron chi connectivity index (χ0n) is 46.3. The van der Waals surface area contributed by atoms with E-state index >= 15 is 0 Å². The van der Waals surface area contributed by atoms with Gasteiger partial charge in [0.1, 0.15) is 17.5 Å². The minimum absolute atomic E-state index is 0.387. The van der Waals surface area contributed by atoms with Crippen molar-refractivity contribution < 1.29 is 13.2 Å². The fourth-order valence-corrected chi connectivity index (χ4v) is 11.7. The average Bonchev–Trinajstić information content (AvgIpc) is 3.58. The summed E-state index contributed by atoms with van der Waals surface area (Å²) in [6.45, 7) is 9.17. The third kappa shape index (κ3) is 12.6. The van der Waals surface area contributed by atoms with Crippen LogP contribution in [0.1, 0.15) is 85.6 Å². The Morgan fingerprint density at radius 2 is 0.829 bits per heavy atom. The van der Waals surface area contributed by atoms with E-state index in [0.29, 0.717) is 18.3 Å². The molecule has 15 heteroatoms. The number of nitrogens with zero attached hydrogens (tertiary/aromatic N) is 10. The van der Waals surface area contributed by atoms with Gasteiger partial charge in [0.25, 0.3) is 0 Å². The number of para-hydroxylation sites is 3. The van der Waals surface area contributed by atoms with Gasteiger partial charge in [-0.15, -0.1) is 0 Å². The molecule has 4 aliphatic heterocycles. The van der Waals surface area contributed by atoms with E-state index < -0.39 is 11.7 Å². The summed E-state index contributed by atoms with van der Waals surface area (Å²) in [5, 5.41) is 12.6. The van der Waals surface area contributed by atoms with Crippen LogP contribution in [0.5, 0.6) is 0 Å². The summed E-state index contributed by atoms with van der Waals surface area (Å²) in [6, 6.07) is 53.4. The van der Waals surface area contributed by atoms with Crippen molar-refractivity contribution in [3.05, 3.63) is 192 Å². The Morgan fingerprint density at radius 3 is 1.39 bits per heavy atom. The number of fused-ring (bicyclic) bond motifs is 5. The van der Waals surface area contributed by atoms with Gasteiger partial charge in [-0.3, -0.25) is 0 Å². The first-order valence-electron chi connectivity index (χ1n) is 29.2. The number of alkyl halides is 3. The number of hydrogen-bond acceptors (Lipinski definition) is 12. The van der Waals surface area contributed by atoms with Gasteiger partial charge < -0.3 is 30.2 Å². The Morgan fingerprint density at radius 1 is 0.378 bits per heavy atom. The molecule has 3 fully saturated rings. The van der Waals surface area contributed by atoms with Crippen molar-refractivity contribution in [2.24, 2.45) is 0 Å². The first-order valence-corrected chi connectivity index (χ1v) is 29.2. The van der Waals surface area contributed by atoms with E-state index in [9.17, 15) is 13.2 Å². The second kappa shape index (κ2) is 25.0. The van der Waals surface area contributed by atoms with Gasteiger partial charge in [-0.2, -0.15) is 28.1 Å². The van der Waals surface area contributed by atoms with Gasteiger partial charge in [0.2, 0.25) is 17.8 Å². The fraction of sp³-hybridized carbons (Fsp3) is 0.313. The molecule has 7 aromatic carbocycles. The number of piperidine rings is 3. The maximum absolute atomic E-state index is 12.7. The molecule has 0 spiro atoms. The van der Waals surface area contributed by atoms with E-state index in [-0.39, 0.29) is 0 Å². The molecule has 0 bridgehead atoms. The highest BCUT2D eigenvalue weighted by Crippen LogP contribution is 2.34. The molecule has 0 atom stereocenters. The Labute approximate surface area is 477 Å². The number of aromatic nitrogens is 6. The molecular formula is C67H69F3N12. The van der Waals surface area contributed by atoms with Crippen LogP contribution in [0.4, 0.5) is 48.5 Å². The number of hydrogen-bond donors (Lipinski definition) is 2. The van der Waals surface area contributed by atoms with E-state index in [0.717, 1.165) is 152 Å². The molecule has 10 aromatic rings. The Balaban J connectivity index is 0.000000122. The van der Waals surface area contributed by atoms with Crippen LogP contribution in [0.15, 0.2) is 164 Å². The minimum Gasteiger partial charge on any atom is -0.365 e. The summed E-state index contributed by atoms with van der Waals surface area (Å²) in [5.74, 6) is 5.15. The van der Waals surface area contributed by atoms with Crippen LogP contribution >= 0.6 is 0 Å². The van der Waals surface area contributed by atoms with Crippen LogP contribution < -0.4 is 30.2 Å². The number of benzene rings is 7. The van der Waals surface area contributed by atoms with Crippen molar-refractivity contribution in [1.82, 2.24) is 29.9 Å². The molecule has 0 aliphatic carbocycles. The van der Waals surface area contributed by atoms with E-state index in [2.05, 4.69) is 139 Å². The van der Waals surface area contributed by atoms with Crippen molar-refractivity contribution in [2.75, 3.05) is 76.0 Å². The number of rotatable bonds is 10. The van der Waals surface area contributed by atoms with Crippen molar-refractivity contribution in [1.29, 1.82) is 0 Å². The molecule has 0 amide bonds. The third-order valence-corrected chi connectivity index (χ3v) is 16.2. The van der Waals surface area contributed by atoms with E-state index in [1.807, 2.05) is 30.3 Å². The lowest BCUT2D eigenvalue weighted by Gasteiger charge is -2.32. The molecule has 12 nitrogen and oxygen atoms in total. The number of halogens is 3. The highest BCUT2D eigenvalue weighted by Gasteiger charge is 2.30. The van der Waals surface area contributed by atoms with Crippen molar-refractivity contribution in [3.63, 3.8) is 0 Å². The number of nitrogens with one attached hydrogen (secondary N) is 2. The van der Waals surface area contributed by atoms with Crippen molar-refractivity contribution in [3.8, 4) is 0 Å². The van der Waals surface area contributed by atoms with Gasteiger partial charge >= 0.3 is 6.18 Å². The molecule has 14 rings (SSSR count). The topological polar surface area (TPSA) is 114 Å². The summed E-state index contributed by atoms with van der Waals surface area (Å²) in [6.07, 6.45) is 7.77. The SMILES string of the molecule is FC(F)(F)c1ccc(CNc2nc(N3CCCCC3)nc3ccccc23)cc1.c1ccc2c(CNc3nc(N4CCCCC4)nc4ccccc34)cccc2c1.c1ccc2c(c1)CCN(c1nc(N3CCCCC3)nc3ccccc13)C2. The summed E-state index contributed by atoms with van der Waals surface area (Å²) < 4.78 is 38.2. The maximum Gasteiger partial charge on any atom is 0.416 e. The predicted molar refractivity (Wildman–Crippen MR) is 328 cm³/mol. The van der Waals surface area contributed by atoms with Crippen LogP contribution in [0.3, 0.4) is 0 Å². The zero-order valence-corrected chi connectivity index (χ0v) is 46.3. The quantitative estimate of drug-likeness (QED) is 0.136. The van der Waals surface area contributed by atoms with Gasteiger partial charge in [0.05, 0.1) is 22.1 Å². The Kier molecular flexibility index (Phi) is 16.5. The molecule has 2 N–H and O–H groups in total. The second-order valence-corrected chi connectivity index (χ2v) is 21.8. The molecule has 4 aliphatic rings. The van der Waals surface area contributed by atoms with E-state index in [1.54, 1.807) is 0 Å². The summed E-state index contributed by atoms with van der Waals surface area (Å²) >= 11 is 0. The van der Waals surface area contributed by atoms with E-state index in [4.69, 9.17) is 29.9 Å². The lowest BCUT2D eigenvalue weighted by molar-refractivity contribution is -0.137. The van der Waals surface area contributed by atoms with Crippen LogP contribution in [0.25, 0.3) is 43.5 Å². The van der Waals surface area contributed by atoms with Gasteiger partial charge in [-0.05, 0) is 146 Å². The van der Waals surface area contributed by atoms with Gasteiger partial charge in [0, 0.05) is 81.6 Å². The standard InChI is InChI=1S/C24H24N4.C22H24N4.C21H21F3N4/c1-6-15-28(16-7-1)24-26-22-14-5-4-13-21(22)23(27-24)25-17-19-11-8-10-18-9-2-3-12-20(18)19;1-6-13-25(14-7-1)22-23-20-11-5-4-10-19(20)21(24-22)26-15-12-17-8-2-3-9-18(17)16-26;22-21(23,24)16-10-8-15(9-11-16)14-25-19-17-6-2-3-7-18(17)26-20(27-19)28-12-4-1-5-13-28/h2-5,8-14H,1,6-7,15-17H2,(H,25,26,27);2-5,8-11H,1,6-7,12-16H2;2-3,6-11H,1,4-5,12-14H2,(H,25,26,27). The first-order chi connectivity index (χ1) is 40.3. The van der Waals surface area contributed by atoms with Crippen molar-refractivity contribution in [2.45, 2.75) is 90.0 Å². The fourth-order valence-electron chi connectivity index (χ4n) is 11.7. The average molecular weight is 1100 g/mol. The summed E-state index contributed by atoms with van der Waals surface area (Å²) in [7, 11) is 0. The van der Waals surface area contributed by atoms with Crippen LogP contribution in [0, 0.1) is 0 Å². The van der Waals surface area contributed by atoms with Crippen molar-refractivity contribution >= 4 is 78.8 Å². The normalized spacial score (nSPS) is 15.6. The molecule has 82 heavy (non-hydrogen) atoms. The van der Waals surface area contributed by atoms with E-state index in [1.165, 1.54) is 84.5 Å². The summed E-state index contributed by atoms with van der Waals surface area (Å²) in [5.41, 5.74) is 7.19.